The van der Waals surface area contributed by atoms with Crippen LogP contribution in [-0.2, 0) is 9.59 Å². The number of anilines is 1. The zero-order valence-corrected chi connectivity index (χ0v) is 16.3. The Morgan fingerprint density at radius 3 is 2.41 bits per heavy atom. The topological polar surface area (TPSA) is 89.0 Å². The van der Waals surface area contributed by atoms with Gasteiger partial charge in [0.25, 0.3) is 0 Å². The first kappa shape index (κ1) is 20.5. The molecule has 0 aliphatic rings. The smallest absolute Gasteiger partial charge is 0.329 e. The highest BCUT2D eigenvalue weighted by Crippen LogP contribution is 2.35. The molecule has 27 heavy (non-hydrogen) atoms. The summed E-state index contributed by atoms with van der Waals surface area (Å²) in [6.07, 6.45) is 1.32. The molecule has 0 heterocycles. The quantitative estimate of drug-likeness (QED) is 0.449. The molecule has 0 fully saturated rings. The Bertz CT molecular complexity index is 900. The lowest BCUT2D eigenvalue weighted by atomic mass is 10.2. The highest BCUT2D eigenvalue weighted by molar-refractivity contribution is 6.40. The highest BCUT2D eigenvalue weighted by atomic mass is 35.5. The summed E-state index contributed by atoms with van der Waals surface area (Å²) in [4.78, 5) is 23.7. The number of aryl methyl sites for hydroxylation is 1. The average Bonchev–Trinajstić information content (AvgIpc) is 2.64. The molecular formula is C18H17Cl2N3O4. The number of hydrazone groups is 1. The maximum atomic E-state index is 11.9. The minimum Gasteiger partial charge on any atom is -0.493 e. The maximum absolute atomic E-state index is 11.9. The van der Waals surface area contributed by atoms with Crippen LogP contribution in [0.3, 0.4) is 0 Å². The summed E-state index contributed by atoms with van der Waals surface area (Å²) in [5.74, 6) is -1.02. The van der Waals surface area contributed by atoms with Gasteiger partial charge in [0.15, 0.2) is 11.5 Å². The molecule has 0 saturated carbocycles. The number of hydrogen-bond donors (Lipinski definition) is 2. The van der Waals surface area contributed by atoms with Crippen LogP contribution in [0.2, 0.25) is 10.0 Å². The van der Waals surface area contributed by atoms with Gasteiger partial charge in [-0.05, 0) is 42.3 Å². The van der Waals surface area contributed by atoms with Crippen LogP contribution >= 0.6 is 23.2 Å². The van der Waals surface area contributed by atoms with Crippen molar-refractivity contribution in [3.8, 4) is 11.5 Å². The molecular weight excluding hydrogens is 393 g/mol. The largest absolute Gasteiger partial charge is 0.493 e. The van der Waals surface area contributed by atoms with Crippen LogP contribution < -0.4 is 20.2 Å². The summed E-state index contributed by atoms with van der Waals surface area (Å²) < 4.78 is 10.3. The first-order valence-electron chi connectivity index (χ1n) is 7.67. The lowest BCUT2D eigenvalue weighted by Crippen LogP contribution is -2.32. The third kappa shape index (κ3) is 5.35. The molecule has 2 amide bonds. The average molecular weight is 410 g/mol. The van der Waals surface area contributed by atoms with Gasteiger partial charge in [0, 0.05) is 10.7 Å². The molecule has 2 aromatic rings. The van der Waals surface area contributed by atoms with Crippen LogP contribution in [0.5, 0.6) is 11.5 Å². The van der Waals surface area contributed by atoms with E-state index >= 15 is 0 Å². The molecule has 0 atom stereocenters. The number of ether oxygens (including phenoxy) is 2. The summed E-state index contributed by atoms with van der Waals surface area (Å²) in [7, 11) is 2.94. The SMILES string of the molecule is COc1cc(/C=N\NC(=O)C(=O)Nc2ccc(C)c(Cl)c2)cc(Cl)c1OC. The maximum Gasteiger partial charge on any atom is 0.329 e. The first-order chi connectivity index (χ1) is 12.8. The molecule has 0 bridgehead atoms. The molecule has 0 radical (unpaired) electrons. The molecule has 0 unspecified atom stereocenters. The van der Waals surface area contributed by atoms with Gasteiger partial charge < -0.3 is 14.8 Å². The number of benzene rings is 2. The van der Waals surface area contributed by atoms with Gasteiger partial charge in [-0.1, -0.05) is 29.3 Å². The van der Waals surface area contributed by atoms with Gasteiger partial charge in [-0.25, -0.2) is 5.43 Å². The van der Waals surface area contributed by atoms with Gasteiger partial charge in [-0.3, -0.25) is 9.59 Å². The molecule has 0 saturated heterocycles. The second-order valence-electron chi connectivity index (χ2n) is 5.36. The molecule has 9 heteroatoms. The molecule has 0 aliphatic heterocycles. The molecule has 2 aromatic carbocycles. The summed E-state index contributed by atoms with van der Waals surface area (Å²) in [6.45, 7) is 1.83. The number of nitrogens with one attached hydrogen (secondary N) is 2. The predicted octanol–water partition coefficient (Wildman–Crippen LogP) is 3.41. The van der Waals surface area contributed by atoms with Crippen molar-refractivity contribution in [3.05, 3.63) is 51.5 Å². The van der Waals surface area contributed by atoms with Gasteiger partial charge in [-0.15, -0.1) is 0 Å². The summed E-state index contributed by atoms with van der Waals surface area (Å²) in [5, 5.41) is 6.98. The number of methoxy groups -OCH3 is 2. The normalized spacial score (nSPS) is 10.6. The number of halogens is 2. The van der Waals surface area contributed by atoms with E-state index in [4.69, 9.17) is 32.7 Å². The van der Waals surface area contributed by atoms with Gasteiger partial charge in [0.05, 0.1) is 25.5 Å². The van der Waals surface area contributed by atoms with E-state index in [0.717, 1.165) is 5.56 Å². The van der Waals surface area contributed by atoms with E-state index < -0.39 is 11.8 Å². The first-order valence-corrected chi connectivity index (χ1v) is 8.43. The van der Waals surface area contributed by atoms with Crippen molar-refractivity contribution in [2.75, 3.05) is 19.5 Å². The van der Waals surface area contributed by atoms with E-state index in [1.807, 2.05) is 6.92 Å². The van der Waals surface area contributed by atoms with Crippen molar-refractivity contribution in [2.45, 2.75) is 6.92 Å². The zero-order valence-electron chi connectivity index (χ0n) is 14.8. The molecule has 2 N–H and O–H groups in total. The standard InChI is InChI=1S/C18H17Cl2N3O4/c1-10-4-5-12(8-13(10)19)22-17(24)18(25)23-21-9-11-6-14(20)16(27-3)15(7-11)26-2/h4-9H,1-3H3,(H,22,24)(H,23,25)/b21-9-. The highest BCUT2D eigenvalue weighted by Gasteiger charge is 2.14. The fraction of sp³-hybridized carbons (Fsp3) is 0.167. The number of amides is 2. The lowest BCUT2D eigenvalue weighted by Gasteiger charge is -2.10. The Kier molecular flexibility index (Phi) is 7.04. The predicted molar refractivity (Wildman–Crippen MR) is 105 cm³/mol. The van der Waals surface area contributed by atoms with Gasteiger partial charge in [0.2, 0.25) is 0 Å². The molecule has 0 aliphatic carbocycles. The van der Waals surface area contributed by atoms with Crippen LogP contribution in [0.1, 0.15) is 11.1 Å². The van der Waals surface area contributed by atoms with E-state index in [1.165, 1.54) is 20.4 Å². The second-order valence-corrected chi connectivity index (χ2v) is 6.17. The van der Waals surface area contributed by atoms with Crippen molar-refractivity contribution < 1.29 is 19.1 Å². The Hall–Kier alpha value is -2.77. The van der Waals surface area contributed by atoms with Gasteiger partial charge in [-0.2, -0.15) is 5.10 Å². The monoisotopic (exact) mass is 409 g/mol. The van der Waals surface area contributed by atoms with Crippen molar-refractivity contribution >= 4 is 46.9 Å². The van der Waals surface area contributed by atoms with Crippen LogP contribution in [-0.4, -0.2) is 32.2 Å². The lowest BCUT2D eigenvalue weighted by molar-refractivity contribution is -0.136. The van der Waals surface area contributed by atoms with E-state index in [9.17, 15) is 9.59 Å². The number of hydrogen-bond acceptors (Lipinski definition) is 5. The van der Waals surface area contributed by atoms with Crippen molar-refractivity contribution in [1.82, 2.24) is 5.43 Å². The minimum atomic E-state index is -0.936. The molecule has 7 nitrogen and oxygen atoms in total. The summed E-state index contributed by atoms with van der Waals surface area (Å²) in [5.41, 5.74) is 3.94. The third-order valence-corrected chi connectivity index (χ3v) is 4.16. The summed E-state index contributed by atoms with van der Waals surface area (Å²) >= 11 is 12.1. The number of rotatable bonds is 5. The van der Waals surface area contributed by atoms with E-state index in [-0.39, 0.29) is 0 Å². The Morgan fingerprint density at radius 1 is 1.04 bits per heavy atom. The van der Waals surface area contributed by atoms with E-state index in [0.29, 0.717) is 32.8 Å². The number of carbonyl (C=O) groups excluding carboxylic acids is 2. The summed E-state index contributed by atoms with van der Waals surface area (Å²) in [6, 6.07) is 8.12. The molecule has 0 spiro atoms. The van der Waals surface area contributed by atoms with Gasteiger partial charge >= 0.3 is 11.8 Å². The fourth-order valence-corrected chi connectivity index (χ4v) is 2.56. The van der Waals surface area contributed by atoms with Crippen LogP contribution in [0.25, 0.3) is 0 Å². The molecule has 2 rings (SSSR count). The van der Waals surface area contributed by atoms with Crippen molar-refractivity contribution in [3.63, 3.8) is 0 Å². The Labute approximate surface area is 166 Å². The Balaban J connectivity index is 2.01. The zero-order chi connectivity index (χ0) is 20.0. The van der Waals surface area contributed by atoms with Crippen LogP contribution in [0.4, 0.5) is 5.69 Å². The third-order valence-electron chi connectivity index (χ3n) is 3.47. The van der Waals surface area contributed by atoms with Gasteiger partial charge in [0.1, 0.15) is 0 Å². The van der Waals surface area contributed by atoms with E-state index in [1.54, 1.807) is 30.3 Å². The minimum absolute atomic E-state index is 0.318. The Morgan fingerprint density at radius 2 is 1.78 bits per heavy atom. The fourth-order valence-electron chi connectivity index (χ4n) is 2.09. The van der Waals surface area contributed by atoms with Crippen LogP contribution in [0, 0.1) is 6.92 Å². The van der Waals surface area contributed by atoms with Crippen LogP contribution in [0.15, 0.2) is 35.4 Å². The molecule has 0 aromatic heterocycles. The van der Waals surface area contributed by atoms with Crippen molar-refractivity contribution in [2.24, 2.45) is 5.10 Å². The molecule has 142 valence electrons. The number of nitrogens with zero attached hydrogens (tertiary/aromatic N) is 1. The van der Waals surface area contributed by atoms with Crippen molar-refractivity contribution in [1.29, 1.82) is 0 Å². The van der Waals surface area contributed by atoms with E-state index in [2.05, 4.69) is 15.8 Å². The second kappa shape index (κ2) is 9.25. The number of carbonyl (C=O) groups is 2.